The minimum Gasteiger partial charge on any atom is -0.337 e. The van der Waals surface area contributed by atoms with Crippen LogP contribution in [0, 0.1) is 6.92 Å². The molecule has 0 spiro atoms. The van der Waals surface area contributed by atoms with Gasteiger partial charge >= 0.3 is 0 Å². The zero-order valence-corrected chi connectivity index (χ0v) is 13.6. The molecule has 106 valence electrons. The summed E-state index contributed by atoms with van der Waals surface area (Å²) in [6.45, 7) is 12.4. The molecule has 19 heavy (non-hydrogen) atoms. The number of thioether (sulfide) groups is 1. The van der Waals surface area contributed by atoms with E-state index < -0.39 is 0 Å². The highest BCUT2D eigenvalue weighted by molar-refractivity contribution is 8.00. The van der Waals surface area contributed by atoms with Crippen molar-refractivity contribution in [2.24, 2.45) is 0 Å². The Labute approximate surface area is 121 Å². The molecule has 0 bridgehead atoms. The highest BCUT2D eigenvalue weighted by Gasteiger charge is 2.25. The minimum absolute atomic E-state index is 0.0494. The van der Waals surface area contributed by atoms with Gasteiger partial charge in [0.15, 0.2) is 0 Å². The summed E-state index contributed by atoms with van der Waals surface area (Å²) in [6, 6.07) is 8.80. The van der Waals surface area contributed by atoms with Gasteiger partial charge < -0.3 is 4.90 Å². The lowest BCUT2D eigenvalue weighted by Gasteiger charge is -2.33. The maximum Gasteiger partial charge on any atom is 0.236 e. The van der Waals surface area contributed by atoms with Crippen molar-refractivity contribution in [1.82, 2.24) is 4.90 Å². The Bertz CT molecular complexity index is 421. The fourth-order valence-electron chi connectivity index (χ4n) is 2.26. The van der Waals surface area contributed by atoms with Gasteiger partial charge in [-0.3, -0.25) is 4.79 Å². The number of hydrogen-bond acceptors (Lipinski definition) is 2. The standard InChI is InChI=1S/C16H25NOS/c1-11(2)17(12(3)4)16(18)14(6)19-15-9-7-8-13(5)10-15/h7-12,14H,1-6H3. The van der Waals surface area contributed by atoms with E-state index in [9.17, 15) is 4.79 Å². The molecule has 1 unspecified atom stereocenters. The molecule has 0 aliphatic heterocycles. The van der Waals surface area contributed by atoms with Crippen LogP contribution in [0.25, 0.3) is 0 Å². The van der Waals surface area contributed by atoms with Gasteiger partial charge in [0.25, 0.3) is 0 Å². The van der Waals surface area contributed by atoms with Gasteiger partial charge in [-0.25, -0.2) is 0 Å². The highest BCUT2D eigenvalue weighted by Crippen LogP contribution is 2.26. The summed E-state index contributed by atoms with van der Waals surface area (Å²) in [5.41, 5.74) is 1.23. The van der Waals surface area contributed by atoms with Crippen LogP contribution in [-0.2, 0) is 4.79 Å². The SMILES string of the molecule is Cc1cccc(SC(C)C(=O)N(C(C)C)C(C)C)c1. The molecule has 0 N–H and O–H groups in total. The molecule has 2 nitrogen and oxygen atoms in total. The topological polar surface area (TPSA) is 20.3 Å². The molecule has 0 saturated heterocycles. The summed E-state index contributed by atoms with van der Waals surface area (Å²) in [5.74, 6) is 0.219. The zero-order chi connectivity index (χ0) is 14.6. The molecule has 3 heteroatoms. The first-order valence-electron chi connectivity index (χ1n) is 6.88. The number of carbonyl (C=O) groups excluding carboxylic acids is 1. The molecular weight excluding hydrogens is 254 g/mol. The number of rotatable bonds is 5. The van der Waals surface area contributed by atoms with Gasteiger partial charge in [0, 0.05) is 17.0 Å². The van der Waals surface area contributed by atoms with Crippen molar-refractivity contribution in [2.75, 3.05) is 0 Å². The molecule has 1 aromatic rings. The van der Waals surface area contributed by atoms with E-state index in [0.717, 1.165) is 4.90 Å². The number of hydrogen-bond donors (Lipinski definition) is 0. The van der Waals surface area contributed by atoms with Crippen LogP contribution in [0.2, 0.25) is 0 Å². The second-order valence-corrected chi connectivity index (χ2v) is 6.92. The van der Waals surface area contributed by atoms with Crippen LogP contribution in [0.5, 0.6) is 0 Å². The molecular formula is C16H25NOS. The lowest BCUT2D eigenvalue weighted by atomic mass is 10.2. The van der Waals surface area contributed by atoms with Crippen molar-refractivity contribution in [1.29, 1.82) is 0 Å². The average molecular weight is 279 g/mol. The Hall–Kier alpha value is -0.960. The summed E-state index contributed by atoms with van der Waals surface area (Å²) in [6.07, 6.45) is 0. The Morgan fingerprint density at radius 2 is 1.68 bits per heavy atom. The second-order valence-electron chi connectivity index (χ2n) is 5.51. The van der Waals surface area contributed by atoms with Crippen molar-refractivity contribution < 1.29 is 4.79 Å². The third-order valence-electron chi connectivity index (χ3n) is 3.02. The lowest BCUT2D eigenvalue weighted by molar-refractivity contribution is -0.133. The summed E-state index contributed by atoms with van der Waals surface area (Å²) in [7, 11) is 0. The van der Waals surface area contributed by atoms with Gasteiger partial charge in [0.2, 0.25) is 5.91 Å². The molecule has 0 aromatic heterocycles. The predicted octanol–water partition coefficient (Wildman–Crippen LogP) is 4.12. The van der Waals surface area contributed by atoms with Crippen molar-refractivity contribution in [2.45, 2.75) is 63.8 Å². The third kappa shape index (κ3) is 4.57. The molecule has 1 rings (SSSR count). The molecule has 0 aliphatic rings. The largest absolute Gasteiger partial charge is 0.337 e. The number of amides is 1. The molecule has 0 fully saturated rings. The minimum atomic E-state index is -0.0494. The van der Waals surface area contributed by atoms with E-state index in [1.165, 1.54) is 5.56 Å². The monoisotopic (exact) mass is 279 g/mol. The Kier molecular flexibility index (Phi) is 5.92. The van der Waals surface area contributed by atoms with Crippen LogP contribution in [0.4, 0.5) is 0 Å². The molecule has 1 amide bonds. The fraction of sp³-hybridized carbons (Fsp3) is 0.562. The van der Waals surface area contributed by atoms with Crippen LogP contribution in [0.3, 0.4) is 0 Å². The zero-order valence-electron chi connectivity index (χ0n) is 12.8. The van der Waals surface area contributed by atoms with Crippen LogP contribution < -0.4 is 0 Å². The number of aryl methyl sites for hydroxylation is 1. The molecule has 1 atom stereocenters. The maximum atomic E-state index is 12.5. The molecule has 0 aliphatic carbocycles. The van der Waals surface area contributed by atoms with Gasteiger partial charge in [-0.15, -0.1) is 11.8 Å². The Balaban J connectivity index is 2.76. The van der Waals surface area contributed by atoms with Gasteiger partial charge in [0.05, 0.1) is 5.25 Å². The van der Waals surface area contributed by atoms with Gasteiger partial charge in [-0.05, 0) is 53.7 Å². The average Bonchev–Trinajstić information content (AvgIpc) is 2.27. The molecule has 0 radical (unpaired) electrons. The Morgan fingerprint density at radius 3 is 2.16 bits per heavy atom. The second kappa shape index (κ2) is 6.99. The highest BCUT2D eigenvalue weighted by atomic mass is 32.2. The van der Waals surface area contributed by atoms with E-state index >= 15 is 0 Å². The quantitative estimate of drug-likeness (QED) is 0.756. The first-order valence-corrected chi connectivity index (χ1v) is 7.76. The van der Waals surface area contributed by atoms with Crippen molar-refractivity contribution >= 4 is 17.7 Å². The van der Waals surface area contributed by atoms with Crippen LogP contribution in [-0.4, -0.2) is 28.1 Å². The number of carbonyl (C=O) groups is 1. The lowest BCUT2D eigenvalue weighted by Crippen LogP contribution is -2.45. The van der Waals surface area contributed by atoms with E-state index in [-0.39, 0.29) is 23.2 Å². The van der Waals surface area contributed by atoms with Crippen LogP contribution in [0.1, 0.15) is 40.2 Å². The van der Waals surface area contributed by atoms with Gasteiger partial charge in [0.1, 0.15) is 0 Å². The third-order valence-corrected chi connectivity index (χ3v) is 4.10. The summed E-state index contributed by atoms with van der Waals surface area (Å²) in [5, 5.41) is -0.0494. The fourth-order valence-corrected chi connectivity index (χ4v) is 3.30. The van der Waals surface area contributed by atoms with E-state index in [4.69, 9.17) is 0 Å². The van der Waals surface area contributed by atoms with Crippen molar-refractivity contribution in [3.05, 3.63) is 29.8 Å². The molecule has 1 aromatic carbocycles. The van der Waals surface area contributed by atoms with Crippen LogP contribution in [0.15, 0.2) is 29.2 Å². The summed E-state index contributed by atoms with van der Waals surface area (Å²) in [4.78, 5) is 15.6. The van der Waals surface area contributed by atoms with Crippen LogP contribution >= 0.6 is 11.8 Å². The Morgan fingerprint density at radius 1 is 1.11 bits per heavy atom. The molecule has 0 saturated carbocycles. The van der Waals surface area contributed by atoms with Crippen molar-refractivity contribution in [3.8, 4) is 0 Å². The predicted molar refractivity (Wildman–Crippen MR) is 83.6 cm³/mol. The number of benzene rings is 1. The van der Waals surface area contributed by atoms with E-state index in [2.05, 4.69) is 52.8 Å². The van der Waals surface area contributed by atoms with Crippen molar-refractivity contribution in [3.63, 3.8) is 0 Å². The maximum absolute atomic E-state index is 12.5. The smallest absolute Gasteiger partial charge is 0.236 e. The summed E-state index contributed by atoms with van der Waals surface area (Å²) >= 11 is 1.64. The van der Waals surface area contributed by atoms with Gasteiger partial charge in [-0.2, -0.15) is 0 Å². The normalized spacial score (nSPS) is 12.8. The van der Waals surface area contributed by atoms with E-state index in [1.807, 2.05) is 17.9 Å². The van der Waals surface area contributed by atoms with Gasteiger partial charge in [-0.1, -0.05) is 17.7 Å². The van der Waals surface area contributed by atoms with E-state index in [1.54, 1.807) is 11.8 Å². The first-order chi connectivity index (χ1) is 8.82. The van der Waals surface area contributed by atoms with E-state index in [0.29, 0.717) is 0 Å². The summed E-state index contributed by atoms with van der Waals surface area (Å²) < 4.78 is 0. The number of nitrogens with zero attached hydrogens (tertiary/aromatic N) is 1. The molecule has 0 heterocycles. The first kappa shape index (κ1) is 16.1.